The zero-order valence-corrected chi connectivity index (χ0v) is 17.3. The second-order valence-electron chi connectivity index (χ2n) is 6.56. The maximum Gasteiger partial charge on any atom is 0.303 e. The first-order valence-corrected chi connectivity index (χ1v) is 9.21. The average molecular weight is 452 g/mol. The van der Waals surface area contributed by atoms with Crippen LogP contribution in [0, 0.1) is 10.1 Å². The van der Waals surface area contributed by atoms with Crippen molar-refractivity contribution in [3.05, 3.63) is 44.8 Å². The van der Waals surface area contributed by atoms with Crippen molar-refractivity contribution in [3.8, 4) is 5.75 Å². The topological polar surface area (TPSA) is 189 Å². The van der Waals surface area contributed by atoms with Crippen LogP contribution < -0.4 is 4.74 Å². The lowest BCUT2D eigenvalue weighted by Gasteiger charge is -2.43. The molecular weight excluding hydrogens is 432 g/mol. The van der Waals surface area contributed by atoms with Crippen LogP contribution in [0.5, 0.6) is 5.75 Å². The van der Waals surface area contributed by atoms with Crippen LogP contribution in [0.1, 0.15) is 20.8 Å². The molecule has 1 aromatic rings. The highest BCUT2D eigenvalue weighted by atomic mass is 16.7. The van der Waals surface area contributed by atoms with Gasteiger partial charge in [0.1, 0.15) is 24.5 Å². The van der Waals surface area contributed by atoms with Gasteiger partial charge in [-0.25, -0.2) is 0 Å². The van der Waals surface area contributed by atoms with Gasteiger partial charge < -0.3 is 23.7 Å². The molecule has 0 aromatic heterocycles. The van der Waals surface area contributed by atoms with Crippen LogP contribution in [0.25, 0.3) is 10.4 Å². The monoisotopic (exact) mass is 452 g/mol. The minimum atomic E-state index is -1.39. The normalized spacial score (nSPS) is 24.4. The fourth-order valence-electron chi connectivity index (χ4n) is 2.95. The fraction of sp³-hybridized carbons (Fsp3) is 0.500. The molecule has 5 atom stereocenters. The molecule has 0 bridgehead atoms. The number of ether oxygens (including phenoxy) is 5. The highest BCUT2D eigenvalue weighted by Gasteiger charge is 2.51. The number of rotatable bonds is 8. The summed E-state index contributed by atoms with van der Waals surface area (Å²) in [6.45, 7) is 2.96. The van der Waals surface area contributed by atoms with E-state index in [0.29, 0.717) is 0 Å². The SMILES string of the molecule is CC(=O)OCC1OC(Oc2ccc([N+](=O)[O-])cc2)C(N=[N+]=[N-])C(OC(C)=O)C1OC(C)=O. The molecule has 1 saturated heterocycles. The Balaban J connectivity index is 2.41. The summed E-state index contributed by atoms with van der Waals surface area (Å²) in [6.07, 6.45) is -5.17. The van der Waals surface area contributed by atoms with Crippen molar-refractivity contribution in [2.45, 2.75) is 51.4 Å². The molecule has 1 fully saturated rings. The summed E-state index contributed by atoms with van der Waals surface area (Å²) in [4.78, 5) is 47.6. The quantitative estimate of drug-likeness (QED) is 0.107. The smallest absolute Gasteiger partial charge is 0.303 e. The molecule has 2 rings (SSSR count). The van der Waals surface area contributed by atoms with Crippen molar-refractivity contribution < 1.29 is 43.0 Å². The number of non-ortho nitro benzene ring substituents is 1. The summed E-state index contributed by atoms with van der Waals surface area (Å²) >= 11 is 0. The first kappa shape index (κ1) is 24.4. The molecule has 14 nitrogen and oxygen atoms in total. The van der Waals surface area contributed by atoms with Gasteiger partial charge in [0.05, 0.1) is 4.92 Å². The molecule has 1 aromatic carbocycles. The largest absolute Gasteiger partial charge is 0.464 e. The summed E-state index contributed by atoms with van der Waals surface area (Å²) in [5, 5.41) is 14.4. The van der Waals surface area contributed by atoms with E-state index < -0.39 is 60.1 Å². The standard InChI is InChI=1S/C18H20N4O10/c1-9(23)28-8-14-16(29-10(2)24)17(30-11(3)25)15(20-21-19)18(32-14)31-13-6-4-12(5-7-13)22(26)27/h4-7,14-18H,8H2,1-3H3. The van der Waals surface area contributed by atoms with E-state index in [2.05, 4.69) is 10.0 Å². The molecule has 1 heterocycles. The van der Waals surface area contributed by atoms with Crippen LogP contribution in [0.15, 0.2) is 29.4 Å². The molecule has 172 valence electrons. The van der Waals surface area contributed by atoms with E-state index in [0.717, 1.165) is 20.8 Å². The second kappa shape index (κ2) is 10.9. The van der Waals surface area contributed by atoms with Crippen LogP contribution in [-0.2, 0) is 33.3 Å². The van der Waals surface area contributed by atoms with Gasteiger partial charge in [0, 0.05) is 37.8 Å². The molecule has 0 N–H and O–H groups in total. The molecule has 0 aliphatic carbocycles. The van der Waals surface area contributed by atoms with Crippen LogP contribution in [0.4, 0.5) is 5.69 Å². The first-order chi connectivity index (χ1) is 15.1. The van der Waals surface area contributed by atoms with Gasteiger partial charge in [-0.1, -0.05) is 5.11 Å². The van der Waals surface area contributed by atoms with Gasteiger partial charge in [-0.15, -0.1) is 0 Å². The van der Waals surface area contributed by atoms with Gasteiger partial charge in [0.2, 0.25) is 6.29 Å². The highest BCUT2D eigenvalue weighted by molar-refractivity contribution is 5.68. The molecule has 1 aliphatic heterocycles. The lowest BCUT2D eigenvalue weighted by Crippen LogP contribution is -2.62. The third-order valence-corrected chi connectivity index (χ3v) is 4.15. The summed E-state index contributed by atoms with van der Waals surface area (Å²) < 4.78 is 26.8. The summed E-state index contributed by atoms with van der Waals surface area (Å²) in [6, 6.07) is 3.62. The average Bonchev–Trinajstić information content (AvgIpc) is 2.70. The van der Waals surface area contributed by atoms with Gasteiger partial charge in [0.25, 0.3) is 5.69 Å². The van der Waals surface area contributed by atoms with E-state index in [-0.39, 0.29) is 11.4 Å². The molecule has 1 aliphatic rings. The van der Waals surface area contributed by atoms with Gasteiger partial charge in [0.15, 0.2) is 12.2 Å². The number of carbonyl (C=O) groups is 3. The van der Waals surface area contributed by atoms with Gasteiger partial charge in [-0.05, 0) is 17.7 Å². The van der Waals surface area contributed by atoms with E-state index >= 15 is 0 Å². The maximum absolute atomic E-state index is 11.7. The number of nitro groups is 1. The van der Waals surface area contributed by atoms with Crippen molar-refractivity contribution >= 4 is 23.6 Å². The summed E-state index contributed by atoms with van der Waals surface area (Å²) in [7, 11) is 0. The zero-order valence-electron chi connectivity index (χ0n) is 17.3. The van der Waals surface area contributed by atoms with Crippen LogP contribution in [-0.4, -0.2) is 60.1 Å². The Morgan fingerprint density at radius 2 is 1.69 bits per heavy atom. The molecule has 0 saturated carbocycles. The number of azide groups is 1. The van der Waals surface area contributed by atoms with E-state index in [1.165, 1.54) is 24.3 Å². The van der Waals surface area contributed by atoms with Crippen molar-refractivity contribution in [2.75, 3.05) is 6.61 Å². The molecule has 0 radical (unpaired) electrons. The molecule has 0 amide bonds. The zero-order chi connectivity index (χ0) is 23.8. The van der Waals surface area contributed by atoms with Crippen LogP contribution in [0.3, 0.4) is 0 Å². The Kier molecular flexibility index (Phi) is 8.32. The number of nitrogens with zero attached hydrogens (tertiary/aromatic N) is 4. The number of nitro benzene ring substituents is 1. The van der Waals surface area contributed by atoms with E-state index in [1.54, 1.807) is 0 Å². The Labute approximate surface area is 181 Å². The Morgan fingerprint density at radius 3 is 2.19 bits per heavy atom. The minimum Gasteiger partial charge on any atom is -0.464 e. The number of hydrogen-bond acceptors (Lipinski definition) is 11. The number of carbonyl (C=O) groups excluding carboxylic acids is 3. The molecule has 32 heavy (non-hydrogen) atoms. The highest BCUT2D eigenvalue weighted by Crippen LogP contribution is 2.31. The predicted molar refractivity (Wildman–Crippen MR) is 103 cm³/mol. The Morgan fingerprint density at radius 1 is 1.09 bits per heavy atom. The number of hydrogen-bond donors (Lipinski definition) is 0. The Bertz CT molecular complexity index is 915. The minimum absolute atomic E-state index is 0.109. The van der Waals surface area contributed by atoms with Crippen molar-refractivity contribution in [2.24, 2.45) is 5.11 Å². The summed E-state index contributed by atoms with van der Waals surface area (Å²) in [5.41, 5.74) is 8.83. The Hall–Kier alpha value is -3.90. The van der Waals surface area contributed by atoms with Crippen LogP contribution in [0.2, 0.25) is 0 Å². The van der Waals surface area contributed by atoms with Crippen LogP contribution >= 0.6 is 0 Å². The summed E-state index contributed by atoms with van der Waals surface area (Å²) in [5.74, 6) is -2.06. The fourth-order valence-corrected chi connectivity index (χ4v) is 2.95. The molecule has 0 spiro atoms. The third kappa shape index (κ3) is 6.55. The van der Waals surface area contributed by atoms with E-state index in [1.807, 2.05) is 0 Å². The first-order valence-electron chi connectivity index (χ1n) is 9.21. The van der Waals surface area contributed by atoms with Crippen molar-refractivity contribution in [1.82, 2.24) is 0 Å². The van der Waals surface area contributed by atoms with Crippen molar-refractivity contribution in [1.29, 1.82) is 0 Å². The second-order valence-corrected chi connectivity index (χ2v) is 6.56. The van der Waals surface area contributed by atoms with Gasteiger partial charge in [-0.2, -0.15) is 0 Å². The maximum atomic E-state index is 11.7. The van der Waals surface area contributed by atoms with Gasteiger partial charge >= 0.3 is 17.9 Å². The molecular formula is C18H20N4O10. The number of benzene rings is 1. The lowest BCUT2D eigenvalue weighted by atomic mass is 9.96. The van der Waals surface area contributed by atoms with Crippen molar-refractivity contribution in [3.63, 3.8) is 0 Å². The van der Waals surface area contributed by atoms with E-state index in [4.69, 9.17) is 29.2 Å². The predicted octanol–water partition coefficient (Wildman–Crippen LogP) is 1.80. The lowest BCUT2D eigenvalue weighted by molar-refractivity contribution is -0.384. The van der Waals surface area contributed by atoms with E-state index in [9.17, 15) is 24.5 Å². The number of esters is 3. The molecule has 14 heteroatoms. The third-order valence-electron chi connectivity index (χ3n) is 4.15. The van der Waals surface area contributed by atoms with Gasteiger partial charge in [-0.3, -0.25) is 24.5 Å². The molecule has 5 unspecified atom stereocenters.